The normalized spacial score (nSPS) is 14.5. The predicted octanol–water partition coefficient (Wildman–Crippen LogP) is 1.70. The van der Waals surface area contributed by atoms with Gasteiger partial charge in [-0.25, -0.2) is 0 Å². The van der Waals surface area contributed by atoms with Crippen LogP contribution in [-0.4, -0.2) is 10.2 Å². The average Bonchev–Trinajstić information content (AvgIpc) is 2.31. The molecule has 2 N–H and O–H groups in total. The van der Waals surface area contributed by atoms with Crippen molar-refractivity contribution >= 4 is 0 Å². The average molecular weight is 199 g/mol. The van der Waals surface area contributed by atoms with E-state index in [4.69, 9.17) is 5.73 Å². The van der Waals surface area contributed by atoms with Crippen LogP contribution < -0.4 is 5.73 Å². The smallest absolute Gasteiger partial charge is 0.0872 e. The fourth-order valence-corrected chi connectivity index (χ4v) is 1.51. The first kappa shape index (κ1) is 9.80. The lowest BCUT2D eigenvalue weighted by molar-refractivity contribution is 0.571. The Bertz CT molecular complexity index is 382. The van der Waals surface area contributed by atoms with Crippen molar-refractivity contribution in [3.05, 3.63) is 59.9 Å². The molecule has 0 fully saturated rings. The van der Waals surface area contributed by atoms with E-state index < -0.39 is 5.54 Å². The molecule has 0 saturated carbocycles. The predicted molar refractivity (Wildman–Crippen MR) is 59.1 cm³/mol. The Morgan fingerprint density at radius 1 is 1.07 bits per heavy atom. The molecule has 15 heavy (non-hydrogen) atoms. The van der Waals surface area contributed by atoms with Gasteiger partial charge in [-0.1, -0.05) is 30.3 Å². The second-order valence-corrected chi connectivity index (χ2v) is 3.68. The van der Waals surface area contributed by atoms with Crippen LogP contribution in [0, 0.1) is 0 Å². The summed E-state index contributed by atoms with van der Waals surface area (Å²) in [6.45, 7) is 1.94. The number of hydrogen-bond donors (Lipinski definition) is 1. The van der Waals surface area contributed by atoms with Crippen LogP contribution in [0.2, 0.25) is 0 Å². The highest BCUT2D eigenvalue weighted by Crippen LogP contribution is 2.23. The van der Waals surface area contributed by atoms with Crippen molar-refractivity contribution in [3.8, 4) is 0 Å². The van der Waals surface area contributed by atoms with Crippen molar-refractivity contribution in [2.75, 3.05) is 0 Å². The Kier molecular flexibility index (Phi) is 2.47. The van der Waals surface area contributed by atoms with Gasteiger partial charge >= 0.3 is 0 Å². The second-order valence-electron chi connectivity index (χ2n) is 3.68. The topological polar surface area (TPSA) is 51.8 Å². The van der Waals surface area contributed by atoms with E-state index in [1.54, 1.807) is 6.20 Å². The molecule has 1 heterocycles. The lowest BCUT2D eigenvalue weighted by Crippen LogP contribution is -2.35. The first-order valence-electron chi connectivity index (χ1n) is 4.84. The second kappa shape index (κ2) is 3.79. The zero-order chi connectivity index (χ0) is 10.7. The van der Waals surface area contributed by atoms with Crippen LogP contribution >= 0.6 is 0 Å². The van der Waals surface area contributed by atoms with Gasteiger partial charge in [0.1, 0.15) is 0 Å². The van der Waals surface area contributed by atoms with Gasteiger partial charge in [0.2, 0.25) is 0 Å². The molecule has 2 rings (SSSR count). The molecule has 0 radical (unpaired) electrons. The summed E-state index contributed by atoms with van der Waals surface area (Å²) in [6, 6.07) is 13.6. The zero-order valence-corrected chi connectivity index (χ0v) is 8.59. The summed E-state index contributed by atoms with van der Waals surface area (Å²) in [6.07, 6.45) is 1.64. The molecule has 1 aromatic carbocycles. The van der Waals surface area contributed by atoms with E-state index in [9.17, 15) is 0 Å². The van der Waals surface area contributed by atoms with Gasteiger partial charge < -0.3 is 5.73 Å². The van der Waals surface area contributed by atoms with Crippen molar-refractivity contribution in [2.45, 2.75) is 12.5 Å². The minimum absolute atomic E-state index is 0.588. The molecule has 0 saturated heterocycles. The number of rotatable bonds is 2. The van der Waals surface area contributed by atoms with Crippen molar-refractivity contribution < 1.29 is 0 Å². The molecule has 0 aliphatic heterocycles. The van der Waals surface area contributed by atoms with Crippen LogP contribution in [0.1, 0.15) is 18.2 Å². The maximum absolute atomic E-state index is 6.26. The zero-order valence-electron chi connectivity index (χ0n) is 8.59. The Labute approximate surface area is 89.0 Å². The minimum atomic E-state index is -0.588. The van der Waals surface area contributed by atoms with Crippen LogP contribution in [0.15, 0.2) is 48.7 Å². The highest BCUT2D eigenvalue weighted by atomic mass is 15.1. The van der Waals surface area contributed by atoms with Gasteiger partial charge in [0.25, 0.3) is 0 Å². The molecule has 0 spiro atoms. The summed E-state index contributed by atoms with van der Waals surface area (Å²) < 4.78 is 0. The summed E-state index contributed by atoms with van der Waals surface area (Å²) in [5, 5.41) is 7.90. The van der Waals surface area contributed by atoms with E-state index in [1.165, 1.54) is 0 Å². The van der Waals surface area contributed by atoms with Gasteiger partial charge in [-0.05, 0) is 24.6 Å². The van der Waals surface area contributed by atoms with Crippen molar-refractivity contribution in [1.29, 1.82) is 0 Å². The molecule has 2 aromatic rings. The minimum Gasteiger partial charge on any atom is -0.317 e. The number of nitrogens with two attached hydrogens (primary N) is 1. The summed E-state index contributed by atoms with van der Waals surface area (Å²) in [5.74, 6) is 0. The van der Waals surface area contributed by atoms with E-state index in [-0.39, 0.29) is 0 Å². The largest absolute Gasteiger partial charge is 0.317 e. The van der Waals surface area contributed by atoms with Crippen LogP contribution in [0.3, 0.4) is 0 Å². The van der Waals surface area contributed by atoms with E-state index in [0.717, 1.165) is 11.3 Å². The molecule has 76 valence electrons. The standard InChI is InChI=1S/C12H13N3/c1-12(13,10-6-3-2-4-7-10)11-8-5-9-14-15-11/h2-9H,13H2,1H3. The van der Waals surface area contributed by atoms with Gasteiger partial charge in [-0.3, -0.25) is 0 Å². The molecular weight excluding hydrogens is 186 g/mol. The van der Waals surface area contributed by atoms with Crippen molar-refractivity contribution in [1.82, 2.24) is 10.2 Å². The van der Waals surface area contributed by atoms with Crippen LogP contribution in [0.5, 0.6) is 0 Å². The number of aromatic nitrogens is 2. The summed E-state index contributed by atoms with van der Waals surface area (Å²) in [7, 11) is 0. The lowest BCUT2D eigenvalue weighted by atomic mass is 9.90. The fourth-order valence-electron chi connectivity index (χ4n) is 1.51. The van der Waals surface area contributed by atoms with Gasteiger partial charge in [0, 0.05) is 6.20 Å². The SMILES string of the molecule is CC(N)(c1ccccc1)c1cccnn1. The molecule has 0 bridgehead atoms. The van der Waals surface area contributed by atoms with Crippen molar-refractivity contribution in [3.63, 3.8) is 0 Å². The van der Waals surface area contributed by atoms with Crippen LogP contribution in [0.25, 0.3) is 0 Å². The quantitative estimate of drug-likeness (QED) is 0.800. The molecule has 3 heteroatoms. The van der Waals surface area contributed by atoms with Crippen LogP contribution in [0.4, 0.5) is 0 Å². The van der Waals surface area contributed by atoms with E-state index >= 15 is 0 Å². The Balaban J connectivity index is 2.44. The molecule has 1 unspecified atom stereocenters. The van der Waals surface area contributed by atoms with Crippen LogP contribution in [-0.2, 0) is 5.54 Å². The third-order valence-corrected chi connectivity index (χ3v) is 2.48. The molecular formula is C12H13N3. The molecule has 3 nitrogen and oxygen atoms in total. The third-order valence-electron chi connectivity index (χ3n) is 2.48. The van der Waals surface area contributed by atoms with Gasteiger partial charge in [0.05, 0.1) is 11.2 Å². The van der Waals surface area contributed by atoms with E-state index in [0.29, 0.717) is 0 Å². The number of benzene rings is 1. The van der Waals surface area contributed by atoms with Gasteiger partial charge in [0.15, 0.2) is 0 Å². The Morgan fingerprint density at radius 3 is 2.40 bits per heavy atom. The molecule has 1 atom stereocenters. The van der Waals surface area contributed by atoms with E-state index in [1.807, 2.05) is 49.4 Å². The highest BCUT2D eigenvalue weighted by molar-refractivity contribution is 5.32. The number of nitrogens with zero attached hydrogens (tertiary/aromatic N) is 2. The van der Waals surface area contributed by atoms with Gasteiger partial charge in [-0.2, -0.15) is 10.2 Å². The Morgan fingerprint density at radius 2 is 1.80 bits per heavy atom. The first-order chi connectivity index (χ1) is 7.21. The number of hydrogen-bond acceptors (Lipinski definition) is 3. The maximum atomic E-state index is 6.26. The monoisotopic (exact) mass is 199 g/mol. The fraction of sp³-hybridized carbons (Fsp3) is 0.167. The van der Waals surface area contributed by atoms with E-state index in [2.05, 4.69) is 10.2 Å². The molecule has 0 aliphatic carbocycles. The lowest BCUT2D eigenvalue weighted by Gasteiger charge is -2.23. The van der Waals surface area contributed by atoms with Crippen molar-refractivity contribution in [2.24, 2.45) is 5.73 Å². The third kappa shape index (κ3) is 1.87. The Hall–Kier alpha value is -1.74. The van der Waals surface area contributed by atoms with Gasteiger partial charge in [-0.15, -0.1) is 0 Å². The maximum Gasteiger partial charge on any atom is 0.0872 e. The summed E-state index contributed by atoms with van der Waals surface area (Å²) in [4.78, 5) is 0. The first-order valence-corrected chi connectivity index (χ1v) is 4.84. The molecule has 1 aromatic heterocycles. The molecule has 0 aliphatic rings. The highest BCUT2D eigenvalue weighted by Gasteiger charge is 2.24. The summed E-state index contributed by atoms with van der Waals surface area (Å²) in [5.41, 5.74) is 7.48. The molecule has 0 amide bonds. The summed E-state index contributed by atoms with van der Waals surface area (Å²) >= 11 is 0.